The van der Waals surface area contributed by atoms with Crippen LogP contribution in [0.15, 0.2) is 54.9 Å². The highest BCUT2D eigenvalue weighted by Crippen LogP contribution is 2.39. The summed E-state index contributed by atoms with van der Waals surface area (Å²) in [4.78, 5) is 27.0. The van der Waals surface area contributed by atoms with Crippen LogP contribution in [0.4, 0.5) is 14.9 Å². The standard InChI is InChI=1S/C37H47FN6O6S/c1-2-15-46-16-17-47-18-19-48-20-21-49-26-44-13-11-43(12-14-44)25-27-3-7-31(40-24-27)35-23-32-36(51-35)34(9-10-39-32)50-33-8-6-29(22-30(33)38)42-37(45)41-28-4-5-28/h3,6-10,22-24,28H,2,4-5,11-21,25-26H2,1H3,(H2,41,42,45). The van der Waals surface area contributed by atoms with E-state index in [2.05, 4.69) is 38.4 Å². The van der Waals surface area contributed by atoms with Crippen LogP contribution in [0, 0.1) is 5.82 Å². The number of thiophene rings is 1. The highest BCUT2D eigenvalue weighted by molar-refractivity contribution is 7.22. The summed E-state index contributed by atoms with van der Waals surface area (Å²) in [6.07, 6.45) is 6.55. The van der Waals surface area contributed by atoms with Crippen LogP contribution in [0.5, 0.6) is 11.5 Å². The molecule has 12 nitrogen and oxygen atoms in total. The fourth-order valence-electron chi connectivity index (χ4n) is 5.48. The van der Waals surface area contributed by atoms with Gasteiger partial charge in [0.25, 0.3) is 0 Å². The van der Waals surface area contributed by atoms with Crippen molar-refractivity contribution >= 4 is 33.3 Å². The summed E-state index contributed by atoms with van der Waals surface area (Å²) in [6, 6.07) is 12.1. The summed E-state index contributed by atoms with van der Waals surface area (Å²) < 4.78 is 44.0. The van der Waals surface area contributed by atoms with E-state index in [0.29, 0.717) is 57.8 Å². The molecule has 2 amide bonds. The van der Waals surface area contributed by atoms with Crippen LogP contribution < -0.4 is 15.4 Å². The number of nitrogens with zero attached hydrogens (tertiary/aromatic N) is 4. The Balaban J connectivity index is 0.913. The lowest BCUT2D eigenvalue weighted by Gasteiger charge is -2.34. The molecule has 1 aromatic carbocycles. The van der Waals surface area contributed by atoms with Gasteiger partial charge in [0, 0.05) is 75.6 Å². The zero-order chi connectivity index (χ0) is 35.3. The van der Waals surface area contributed by atoms with E-state index >= 15 is 0 Å². The van der Waals surface area contributed by atoms with E-state index in [-0.39, 0.29) is 17.8 Å². The van der Waals surface area contributed by atoms with Crippen LogP contribution in [-0.4, -0.2) is 111 Å². The normalized spacial score (nSPS) is 15.3. The Morgan fingerprint density at radius 3 is 2.27 bits per heavy atom. The van der Waals surface area contributed by atoms with Crippen LogP contribution in [-0.2, 0) is 25.5 Å². The third kappa shape index (κ3) is 11.6. The molecule has 1 aliphatic carbocycles. The molecule has 2 fully saturated rings. The molecule has 0 spiro atoms. The van der Waals surface area contributed by atoms with Gasteiger partial charge in [0.05, 0.1) is 67.2 Å². The number of pyridine rings is 2. The van der Waals surface area contributed by atoms with Crippen LogP contribution >= 0.6 is 11.3 Å². The van der Waals surface area contributed by atoms with E-state index in [1.165, 1.54) is 23.5 Å². The average Bonchev–Trinajstić information content (AvgIpc) is 3.84. The summed E-state index contributed by atoms with van der Waals surface area (Å²) in [5.41, 5.74) is 3.10. The molecule has 4 heterocycles. The number of aromatic nitrogens is 2. The molecule has 14 heteroatoms. The highest BCUT2D eigenvalue weighted by atomic mass is 32.1. The first-order valence-corrected chi connectivity index (χ1v) is 18.5. The molecule has 1 saturated heterocycles. The van der Waals surface area contributed by atoms with Gasteiger partial charge in [-0.05, 0) is 49.1 Å². The third-order valence-corrected chi connectivity index (χ3v) is 9.55. The Morgan fingerprint density at radius 2 is 1.59 bits per heavy atom. The molecule has 0 atom stereocenters. The minimum atomic E-state index is -0.573. The molecule has 0 bridgehead atoms. The van der Waals surface area contributed by atoms with Gasteiger partial charge in [-0.15, -0.1) is 11.3 Å². The van der Waals surface area contributed by atoms with Gasteiger partial charge in [0.1, 0.15) is 5.75 Å². The van der Waals surface area contributed by atoms with Gasteiger partial charge in [0.2, 0.25) is 0 Å². The van der Waals surface area contributed by atoms with Crippen molar-refractivity contribution in [2.45, 2.75) is 38.8 Å². The van der Waals surface area contributed by atoms with Gasteiger partial charge in [0.15, 0.2) is 11.6 Å². The first kappa shape index (κ1) is 37.0. The second kappa shape index (κ2) is 19.2. The first-order chi connectivity index (χ1) is 25.0. The van der Waals surface area contributed by atoms with Crippen LogP contribution in [0.25, 0.3) is 20.8 Å². The Morgan fingerprint density at radius 1 is 0.863 bits per heavy atom. The van der Waals surface area contributed by atoms with Gasteiger partial charge in [-0.25, -0.2) is 9.18 Å². The second-order valence-corrected chi connectivity index (χ2v) is 13.6. The molecule has 0 unspecified atom stereocenters. The average molecular weight is 723 g/mol. The number of rotatable bonds is 20. The third-order valence-electron chi connectivity index (χ3n) is 8.38. The molecule has 6 rings (SSSR count). The van der Waals surface area contributed by atoms with Crippen molar-refractivity contribution in [3.8, 4) is 22.1 Å². The van der Waals surface area contributed by atoms with E-state index in [9.17, 15) is 9.18 Å². The number of fused-ring (bicyclic) bond motifs is 1. The number of carbonyl (C=O) groups excluding carboxylic acids is 1. The van der Waals surface area contributed by atoms with E-state index in [0.717, 1.165) is 84.9 Å². The second-order valence-electron chi connectivity index (χ2n) is 12.6. The highest BCUT2D eigenvalue weighted by Gasteiger charge is 2.23. The Hall–Kier alpha value is -3.76. The molecule has 2 aliphatic rings. The predicted octanol–water partition coefficient (Wildman–Crippen LogP) is 6.13. The number of nitrogens with one attached hydrogen (secondary N) is 2. The molecule has 274 valence electrons. The molecule has 4 aromatic rings. The fourth-order valence-corrected chi connectivity index (χ4v) is 6.52. The van der Waals surface area contributed by atoms with Crippen molar-refractivity contribution in [1.82, 2.24) is 25.1 Å². The molecule has 0 radical (unpaired) electrons. The summed E-state index contributed by atoms with van der Waals surface area (Å²) in [6.45, 7) is 11.6. The number of carbonyl (C=O) groups is 1. The maximum atomic E-state index is 15.0. The number of hydrogen-bond acceptors (Lipinski definition) is 11. The molecular formula is C37H47FN6O6S. The van der Waals surface area contributed by atoms with E-state index in [1.807, 2.05) is 18.3 Å². The summed E-state index contributed by atoms with van der Waals surface area (Å²) >= 11 is 1.50. The Kier molecular flexibility index (Phi) is 13.9. The van der Waals surface area contributed by atoms with Crippen molar-refractivity contribution in [3.63, 3.8) is 0 Å². The summed E-state index contributed by atoms with van der Waals surface area (Å²) in [5.74, 6) is -0.00830. The van der Waals surface area contributed by atoms with Crippen molar-refractivity contribution in [2.24, 2.45) is 0 Å². The number of amides is 2. The van der Waals surface area contributed by atoms with E-state index in [1.54, 1.807) is 18.3 Å². The number of benzene rings is 1. The largest absolute Gasteiger partial charge is 0.453 e. The number of urea groups is 1. The first-order valence-electron chi connectivity index (χ1n) is 17.7. The minimum Gasteiger partial charge on any atom is -0.453 e. The maximum absolute atomic E-state index is 15.0. The van der Waals surface area contributed by atoms with Crippen LogP contribution in [0.2, 0.25) is 0 Å². The van der Waals surface area contributed by atoms with Crippen molar-refractivity contribution in [3.05, 3.63) is 66.2 Å². The predicted molar refractivity (Wildman–Crippen MR) is 195 cm³/mol. The summed E-state index contributed by atoms with van der Waals surface area (Å²) in [5, 5.41) is 5.49. The van der Waals surface area contributed by atoms with Gasteiger partial charge >= 0.3 is 6.03 Å². The number of hydrogen-bond donors (Lipinski definition) is 2. The van der Waals surface area contributed by atoms with Gasteiger partial charge in [-0.1, -0.05) is 13.0 Å². The lowest BCUT2D eigenvalue weighted by atomic mass is 10.2. The van der Waals surface area contributed by atoms with Crippen LogP contribution in [0.1, 0.15) is 31.7 Å². The molecule has 3 aromatic heterocycles. The number of halogens is 1. The summed E-state index contributed by atoms with van der Waals surface area (Å²) in [7, 11) is 0. The molecule has 1 aliphatic heterocycles. The molecule has 1 saturated carbocycles. The van der Waals surface area contributed by atoms with Gasteiger partial charge < -0.3 is 34.3 Å². The molecule has 51 heavy (non-hydrogen) atoms. The van der Waals surface area contributed by atoms with Gasteiger partial charge in [-0.3, -0.25) is 19.8 Å². The number of anilines is 1. The quantitative estimate of drug-likeness (QED) is 0.103. The SMILES string of the molecule is CCCOCCOCCOCCOCN1CCN(Cc2ccc(-c3cc4nccc(Oc5ccc(NC(=O)NC6CC6)cc5F)c4s3)nc2)CC1. The maximum Gasteiger partial charge on any atom is 0.319 e. The monoisotopic (exact) mass is 722 g/mol. The number of piperazine rings is 1. The number of ether oxygens (including phenoxy) is 5. The van der Waals surface area contributed by atoms with Crippen molar-refractivity contribution < 1.29 is 32.9 Å². The van der Waals surface area contributed by atoms with E-state index < -0.39 is 5.82 Å². The van der Waals surface area contributed by atoms with E-state index in [4.69, 9.17) is 28.7 Å². The van der Waals surface area contributed by atoms with Crippen LogP contribution in [0.3, 0.4) is 0 Å². The Bertz CT molecular complexity index is 1680. The lowest BCUT2D eigenvalue weighted by molar-refractivity contribution is -0.0333. The zero-order valence-electron chi connectivity index (χ0n) is 29.1. The van der Waals surface area contributed by atoms with Crippen molar-refractivity contribution in [1.29, 1.82) is 0 Å². The lowest BCUT2D eigenvalue weighted by Crippen LogP contribution is -2.46. The zero-order valence-corrected chi connectivity index (χ0v) is 29.9. The minimum absolute atomic E-state index is 0.0631. The Labute approximate surface area is 302 Å². The topological polar surface area (TPSA) is 120 Å². The molecular weight excluding hydrogens is 676 g/mol. The van der Waals surface area contributed by atoms with Crippen molar-refractivity contribution in [2.75, 3.05) is 84.5 Å². The molecule has 2 N–H and O–H groups in total. The fraction of sp³-hybridized carbons (Fsp3) is 0.486. The smallest absolute Gasteiger partial charge is 0.319 e. The van der Waals surface area contributed by atoms with Gasteiger partial charge in [-0.2, -0.15) is 0 Å².